The van der Waals surface area contributed by atoms with Gasteiger partial charge < -0.3 is 10.3 Å². The molecule has 0 radical (unpaired) electrons. The first-order valence-electron chi connectivity index (χ1n) is 6.14. The van der Waals surface area contributed by atoms with Gasteiger partial charge >= 0.3 is 0 Å². The van der Waals surface area contributed by atoms with Crippen molar-refractivity contribution in [2.75, 3.05) is 5.32 Å². The molecule has 1 aromatic heterocycles. The summed E-state index contributed by atoms with van der Waals surface area (Å²) in [4.78, 5) is 29.8. The smallest absolute Gasteiger partial charge is 0.251 e. The quantitative estimate of drug-likeness (QED) is 0.668. The molecule has 1 heterocycles. The van der Waals surface area contributed by atoms with E-state index in [1.54, 1.807) is 6.92 Å². The lowest BCUT2D eigenvalue weighted by Gasteiger charge is -2.11. The molecule has 104 valence electrons. The van der Waals surface area contributed by atoms with Gasteiger partial charge in [0.15, 0.2) is 5.16 Å². The third-order valence-corrected chi connectivity index (χ3v) is 3.59. The molecule has 20 heavy (non-hydrogen) atoms. The first-order chi connectivity index (χ1) is 9.54. The highest BCUT2D eigenvalue weighted by Gasteiger charge is 2.15. The number of aryl methyl sites for hydroxylation is 1. The predicted molar refractivity (Wildman–Crippen MR) is 80.0 cm³/mol. The van der Waals surface area contributed by atoms with E-state index in [4.69, 9.17) is 0 Å². The zero-order valence-corrected chi connectivity index (χ0v) is 12.0. The third kappa shape index (κ3) is 3.96. The number of amides is 1. The highest BCUT2D eigenvalue weighted by molar-refractivity contribution is 8.00. The number of aromatic amines is 1. The molecule has 1 unspecified atom stereocenters. The Balaban J connectivity index is 2.00. The van der Waals surface area contributed by atoms with Gasteiger partial charge in [-0.15, -0.1) is 0 Å². The van der Waals surface area contributed by atoms with Crippen molar-refractivity contribution < 1.29 is 4.79 Å². The highest BCUT2D eigenvalue weighted by atomic mass is 32.2. The van der Waals surface area contributed by atoms with Crippen LogP contribution in [0.4, 0.5) is 5.69 Å². The van der Waals surface area contributed by atoms with E-state index in [1.807, 2.05) is 31.2 Å². The third-order valence-electron chi connectivity index (χ3n) is 2.59. The van der Waals surface area contributed by atoms with Crippen LogP contribution in [0.1, 0.15) is 12.5 Å². The van der Waals surface area contributed by atoms with Crippen LogP contribution >= 0.6 is 11.8 Å². The summed E-state index contributed by atoms with van der Waals surface area (Å²) in [6, 6.07) is 8.93. The first-order valence-corrected chi connectivity index (χ1v) is 7.02. The molecule has 0 aliphatic rings. The van der Waals surface area contributed by atoms with Crippen LogP contribution in [0.2, 0.25) is 0 Å². The van der Waals surface area contributed by atoms with E-state index < -0.39 is 0 Å². The molecular formula is C14H15N3O2S. The second kappa shape index (κ2) is 6.38. The summed E-state index contributed by atoms with van der Waals surface area (Å²) in [5.41, 5.74) is 1.61. The Morgan fingerprint density at radius 3 is 2.90 bits per heavy atom. The molecule has 0 aliphatic carbocycles. The standard InChI is InChI=1S/C14H15N3O2S/c1-9-4-3-5-11(8-9)16-13(19)10(2)20-14-15-7-6-12(18)17-14/h3-8,10H,1-2H3,(H,16,19)(H,15,17,18). The molecule has 0 fully saturated rings. The van der Waals surface area contributed by atoms with Crippen molar-refractivity contribution in [3.8, 4) is 0 Å². The lowest BCUT2D eigenvalue weighted by Crippen LogP contribution is -2.23. The van der Waals surface area contributed by atoms with Crippen LogP contribution in [0.25, 0.3) is 0 Å². The van der Waals surface area contributed by atoms with E-state index in [0.29, 0.717) is 5.16 Å². The lowest BCUT2D eigenvalue weighted by molar-refractivity contribution is -0.115. The normalized spacial score (nSPS) is 11.9. The van der Waals surface area contributed by atoms with Crippen molar-refractivity contribution in [1.82, 2.24) is 9.97 Å². The number of thioether (sulfide) groups is 1. The van der Waals surface area contributed by atoms with Gasteiger partial charge in [-0.2, -0.15) is 0 Å². The van der Waals surface area contributed by atoms with Crippen molar-refractivity contribution in [1.29, 1.82) is 0 Å². The minimum Gasteiger partial charge on any atom is -0.325 e. The number of carbonyl (C=O) groups is 1. The molecule has 0 bridgehead atoms. The van der Waals surface area contributed by atoms with Crippen LogP contribution in [0.3, 0.4) is 0 Å². The van der Waals surface area contributed by atoms with E-state index in [-0.39, 0.29) is 16.7 Å². The van der Waals surface area contributed by atoms with Crippen LogP contribution in [-0.2, 0) is 4.79 Å². The van der Waals surface area contributed by atoms with Crippen molar-refractivity contribution in [2.45, 2.75) is 24.3 Å². The largest absolute Gasteiger partial charge is 0.325 e. The van der Waals surface area contributed by atoms with Gasteiger partial charge in [-0.1, -0.05) is 23.9 Å². The Labute approximate surface area is 120 Å². The van der Waals surface area contributed by atoms with Crippen molar-refractivity contribution >= 4 is 23.4 Å². The minimum absolute atomic E-state index is 0.132. The molecule has 2 N–H and O–H groups in total. The number of benzene rings is 1. The average Bonchev–Trinajstić information content (AvgIpc) is 2.38. The van der Waals surface area contributed by atoms with Gasteiger partial charge in [-0.25, -0.2) is 4.98 Å². The fraction of sp³-hybridized carbons (Fsp3) is 0.214. The number of rotatable bonds is 4. The Hall–Kier alpha value is -2.08. The molecular weight excluding hydrogens is 274 g/mol. The number of nitrogens with one attached hydrogen (secondary N) is 2. The molecule has 5 nitrogen and oxygen atoms in total. The van der Waals surface area contributed by atoms with E-state index in [9.17, 15) is 9.59 Å². The van der Waals surface area contributed by atoms with Crippen LogP contribution in [-0.4, -0.2) is 21.1 Å². The summed E-state index contributed by atoms with van der Waals surface area (Å²) in [5.74, 6) is -0.132. The van der Waals surface area contributed by atoms with Gasteiger partial charge in [-0.05, 0) is 31.5 Å². The Morgan fingerprint density at radius 1 is 1.40 bits per heavy atom. The summed E-state index contributed by atoms with van der Waals surface area (Å²) in [6.07, 6.45) is 1.42. The molecule has 2 rings (SSSR count). The molecule has 0 spiro atoms. The maximum atomic E-state index is 12.1. The highest BCUT2D eigenvalue weighted by Crippen LogP contribution is 2.19. The number of aromatic nitrogens is 2. The summed E-state index contributed by atoms with van der Waals surface area (Å²) < 4.78 is 0. The number of hydrogen-bond acceptors (Lipinski definition) is 4. The zero-order valence-electron chi connectivity index (χ0n) is 11.2. The number of nitrogens with zero attached hydrogens (tertiary/aromatic N) is 1. The maximum Gasteiger partial charge on any atom is 0.251 e. The number of anilines is 1. The number of hydrogen-bond donors (Lipinski definition) is 2. The number of carbonyl (C=O) groups excluding carboxylic acids is 1. The van der Waals surface area contributed by atoms with Gasteiger partial charge in [0, 0.05) is 18.0 Å². The average molecular weight is 289 g/mol. The van der Waals surface area contributed by atoms with Gasteiger partial charge in [0.1, 0.15) is 0 Å². The molecule has 2 aromatic rings. The minimum atomic E-state index is -0.360. The van der Waals surface area contributed by atoms with Gasteiger partial charge in [0.05, 0.1) is 5.25 Å². The van der Waals surface area contributed by atoms with Crippen molar-refractivity contribution in [3.05, 3.63) is 52.4 Å². The van der Waals surface area contributed by atoms with Gasteiger partial charge in [0.25, 0.3) is 5.56 Å². The summed E-state index contributed by atoms with van der Waals surface area (Å²) >= 11 is 1.21. The fourth-order valence-electron chi connectivity index (χ4n) is 1.60. The van der Waals surface area contributed by atoms with E-state index in [0.717, 1.165) is 11.3 Å². The Morgan fingerprint density at radius 2 is 2.20 bits per heavy atom. The molecule has 6 heteroatoms. The van der Waals surface area contributed by atoms with Crippen LogP contribution in [0.15, 0.2) is 46.5 Å². The Kier molecular flexibility index (Phi) is 4.57. The summed E-state index contributed by atoms with van der Waals surface area (Å²) in [6.45, 7) is 3.73. The molecule has 0 saturated heterocycles. The Bertz CT molecular complexity index is 669. The topological polar surface area (TPSA) is 74.8 Å². The van der Waals surface area contributed by atoms with Gasteiger partial charge in [-0.3, -0.25) is 9.59 Å². The number of H-pyrrole nitrogens is 1. The molecule has 0 saturated carbocycles. The van der Waals surface area contributed by atoms with Crippen LogP contribution < -0.4 is 10.9 Å². The molecule has 1 atom stereocenters. The zero-order chi connectivity index (χ0) is 14.5. The summed E-state index contributed by atoms with van der Waals surface area (Å²) in [7, 11) is 0. The second-order valence-electron chi connectivity index (χ2n) is 4.36. The maximum absolute atomic E-state index is 12.1. The van der Waals surface area contributed by atoms with Gasteiger partial charge in [0.2, 0.25) is 5.91 Å². The van der Waals surface area contributed by atoms with E-state index >= 15 is 0 Å². The van der Waals surface area contributed by atoms with Crippen molar-refractivity contribution in [3.63, 3.8) is 0 Å². The monoisotopic (exact) mass is 289 g/mol. The molecule has 1 amide bonds. The van der Waals surface area contributed by atoms with E-state index in [1.165, 1.54) is 24.0 Å². The second-order valence-corrected chi connectivity index (χ2v) is 5.69. The summed E-state index contributed by atoms with van der Waals surface area (Å²) in [5, 5.41) is 2.91. The van der Waals surface area contributed by atoms with E-state index in [2.05, 4.69) is 15.3 Å². The van der Waals surface area contributed by atoms with Crippen LogP contribution in [0, 0.1) is 6.92 Å². The molecule has 0 aliphatic heterocycles. The van der Waals surface area contributed by atoms with Crippen molar-refractivity contribution in [2.24, 2.45) is 0 Å². The fourth-order valence-corrected chi connectivity index (χ4v) is 2.38. The lowest BCUT2D eigenvalue weighted by atomic mass is 10.2. The van der Waals surface area contributed by atoms with Crippen LogP contribution in [0.5, 0.6) is 0 Å². The first kappa shape index (κ1) is 14.3. The predicted octanol–water partition coefficient (Wildman–Crippen LogP) is 2.20. The molecule has 1 aromatic carbocycles. The SMILES string of the molecule is Cc1cccc(NC(=O)C(C)Sc2nccc(=O)[nH]2)c1.